The summed E-state index contributed by atoms with van der Waals surface area (Å²) in [5, 5.41) is 0. The Kier molecular flexibility index (Phi) is 5.05. The Bertz CT molecular complexity index is 493. The van der Waals surface area contributed by atoms with E-state index in [1.165, 1.54) is 0 Å². The van der Waals surface area contributed by atoms with Crippen molar-refractivity contribution in [1.29, 1.82) is 0 Å². The molecule has 0 bridgehead atoms. The predicted molar refractivity (Wildman–Crippen MR) is 82.6 cm³/mol. The van der Waals surface area contributed by atoms with Crippen LogP contribution in [0, 0.1) is 0 Å². The fourth-order valence-electron chi connectivity index (χ4n) is 2.84. The Hall–Kier alpha value is -1.07. The van der Waals surface area contributed by atoms with Gasteiger partial charge in [-0.15, -0.1) is 0 Å². The van der Waals surface area contributed by atoms with Crippen LogP contribution < -0.4 is 10.5 Å². The molecule has 0 aromatic heterocycles. The second-order valence-corrected chi connectivity index (χ2v) is 5.93. The molecule has 2 unspecified atom stereocenters. The van der Waals surface area contributed by atoms with E-state index in [0.29, 0.717) is 13.0 Å². The highest BCUT2D eigenvalue weighted by molar-refractivity contribution is 9.10. The maximum Gasteiger partial charge on any atom is 0.223 e. The van der Waals surface area contributed by atoms with Gasteiger partial charge in [0.25, 0.3) is 0 Å². The molecule has 0 saturated carbocycles. The van der Waals surface area contributed by atoms with E-state index in [2.05, 4.69) is 15.9 Å². The first kappa shape index (κ1) is 15.3. The fraction of sp³-hybridized carbons (Fsp3) is 0.533. The third-order valence-electron chi connectivity index (χ3n) is 3.85. The zero-order chi connectivity index (χ0) is 14.7. The summed E-state index contributed by atoms with van der Waals surface area (Å²) in [6.45, 7) is 2.68. The van der Waals surface area contributed by atoms with Crippen molar-refractivity contribution in [3.05, 3.63) is 28.2 Å². The van der Waals surface area contributed by atoms with Crippen molar-refractivity contribution >= 4 is 21.8 Å². The van der Waals surface area contributed by atoms with Gasteiger partial charge in [-0.25, -0.2) is 0 Å². The fourth-order valence-corrected chi connectivity index (χ4v) is 3.40. The molecule has 0 aliphatic carbocycles. The molecule has 0 spiro atoms. The molecule has 4 nitrogen and oxygen atoms in total. The van der Waals surface area contributed by atoms with E-state index in [0.717, 1.165) is 28.6 Å². The van der Waals surface area contributed by atoms with E-state index >= 15 is 0 Å². The lowest BCUT2D eigenvalue weighted by Crippen LogP contribution is -2.42. The van der Waals surface area contributed by atoms with Crippen molar-refractivity contribution < 1.29 is 9.53 Å². The molecule has 2 N–H and O–H groups in total. The van der Waals surface area contributed by atoms with Crippen LogP contribution in [0.1, 0.15) is 37.8 Å². The lowest BCUT2D eigenvalue weighted by Gasteiger charge is -2.33. The monoisotopic (exact) mass is 340 g/mol. The van der Waals surface area contributed by atoms with E-state index in [1.807, 2.05) is 30.0 Å². The number of methoxy groups -OCH3 is 1. The van der Waals surface area contributed by atoms with Gasteiger partial charge in [0.1, 0.15) is 5.75 Å². The summed E-state index contributed by atoms with van der Waals surface area (Å²) in [7, 11) is 1.64. The summed E-state index contributed by atoms with van der Waals surface area (Å²) in [4.78, 5) is 14.1. The number of likely N-dealkylation sites (N-methyl/N-ethyl adjacent to an activating group) is 1. The second kappa shape index (κ2) is 6.59. The average molecular weight is 341 g/mol. The van der Waals surface area contributed by atoms with Crippen molar-refractivity contribution in [3.63, 3.8) is 0 Å². The van der Waals surface area contributed by atoms with Gasteiger partial charge < -0.3 is 15.4 Å². The van der Waals surface area contributed by atoms with Crippen LogP contribution in [0.2, 0.25) is 0 Å². The first-order valence-corrected chi connectivity index (χ1v) is 7.76. The molecular formula is C15H21BrN2O2. The minimum atomic E-state index is -0.0581. The molecule has 5 heteroatoms. The van der Waals surface area contributed by atoms with Crippen molar-refractivity contribution in [2.75, 3.05) is 13.7 Å². The molecule has 20 heavy (non-hydrogen) atoms. The molecule has 1 fully saturated rings. The number of ether oxygens (including phenoxy) is 1. The first-order valence-electron chi connectivity index (χ1n) is 6.97. The number of hydrogen-bond donors (Lipinski definition) is 1. The van der Waals surface area contributed by atoms with E-state index < -0.39 is 0 Å². The Labute approximate surface area is 128 Å². The number of amides is 1. The summed E-state index contributed by atoms with van der Waals surface area (Å²) in [5.74, 6) is 0.975. The number of carbonyl (C=O) groups is 1. The smallest absolute Gasteiger partial charge is 0.223 e. The lowest BCUT2D eigenvalue weighted by molar-refractivity contribution is -0.133. The highest BCUT2D eigenvalue weighted by Crippen LogP contribution is 2.34. The van der Waals surface area contributed by atoms with E-state index in [1.54, 1.807) is 7.11 Å². The summed E-state index contributed by atoms with van der Waals surface area (Å²) in [6, 6.07) is 5.83. The summed E-state index contributed by atoms with van der Waals surface area (Å²) in [6.07, 6.45) is 2.33. The number of nitrogens with zero attached hydrogens (tertiary/aromatic N) is 1. The van der Waals surface area contributed by atoms with Crippen molar-refractivity contribution in [2.45, 2.75) is 38.3 Å². The molecule has 1 heterocycles. The molecule has 0 radical (unpaired) electrons. The Balaban J connectivity index is 2.39. The molecule has 2 rings (SSSR count). The van der Waals surface area contributed by atoms with Gasteiger partial charge in [0.15, 0.2) is 0 Å². The van der Waals surface area contributed by atoms with Gasteiger partial charge in [0.05, 0.1) is 17.6 Å². The normalized spacial score (nSPS) is 23.6. The third kappa shape index (κ3) is 2.99. The van der Waals surface area contributed by atoms with E-state index in [-0.39, 0.29) is 18.0 Å². The molecule has 1 saturated heterocycles. The predicted octanol–water partition coefficient (Wildman–Crippen LogP) is 2.86. The van der Waals surface area contributed by atoms with Crippen LogP contribution >= 0.6 is 15.9 Å². The van der Waals surface area contributed by atoms with Gasteiger partial charge >= 0.3 is 0 Å². The molecule has 1 aliphatic rings. The van der Waals surface area contributed by atoms with Crippen LogP contribution in [0.15, 0.2) is 22.7 Å². The van der Waals surface area contributed by atoms with Crippen molar-refractivity contribution in [3.8, 4) is 5.75 Å². The average Bonchev–Trinajstić information content (AvgIpc) is 2.57. The number of carbonyl (C=O) groups excluding carboxylic acids is 1. The second-order valence-electron chi connectivity index (χ2n) is 5.07. The summed E-state index contributed by atoms with van der Waals surface area (Å²) < 4.78 is 6.14. The number of rotatable bonds is 3. The topological polar surface area (TPSA) is 55.6 Å². The first-order chi connectivity index (χ1) is 9.58. The van der Waals surface area contributed by atoms with Gasteiger partial charge in [-0.1, -0.05) is 6.07 Å². The minimum Gasteiger partial charge on any atom is -0.496 e. The van der Waals surface area contributed by atoms with Crippen LogP contribution in [-0.4, -0.2) is 30.5 Å². The van der Waals surface area contributed by atoms with Gasteiger partial charge in [-0.05, 0) is 53.4 Å². The Morgan fingerprint density at radius 2 is 2.25 bits per heavy atom. The standard InChI is InChI=1S/C15H21BrN2O2/c1-3-18-14(19)6-4-5-12(17)15(18)10-7-8-13(20-2)11(16)9-10/h7-9,12,15H,3-6,17H2,1-2H3. The van der Waals surface area contributed by atoms with Crippen LogP contribution in [-0.2, 0) is 4.79 Å². The lowest BCUT2D eigenvalue weighted by atomic mass is 9.96. The Morgan fingerprint density at radius 3 is 2.85 bits per heavy atom. The molecule has 1 aromatic rings. The van der Waals surface area contributed by atoms with Crippen molar-refractivity contribution in [2.24, 2.45) is 5.73 Å². The molecule has 1 aromatic carbocycles. The molecular weight excluding hydrogens is 320 g/mol. The zero-order valence-electron chi connectivity index (χ0n) is 11.9. The van der Waals surface area contributed by atoms with Gasteiger partial charge in [-0.2, -0.15) is 0 Å². The van der Waals surface area contributed by atoms with Crippen LogP contribution in [0.3, 0.4) is 0 Å². The van der Waals surface area contributed by atoms with Gasteiger partial charge in [0.2, 0.25) is 5.91 Å². The minimum absolute atomic E-state index is 0.0262. The molecule has 2 atom stereocenters. The Morgan fingerprint density at radius 1 is 1.50 bits per heavy atom. The largest absolute Gasteiger partial charge is 0.496 e. The number of benzene rings is 1. The van der Waals surface area contributed by atoms with E-state index in [4.69, 9.17) is 10.5 Å². The number of nitrogens with two attached hydrogens (primary N) is 1. The molecule has 1 amide bonds. The summed E-state index contributed by atoms with van der Waals surface area (Å²) >= 11 is 3.50. The third-order valence-corrected chi connectivity index (χ3v) is 4.47. The van der Waals surface area contributed by atoms with E-state index in [9.17, 15) is 4.79 Å². The SMILES string of the molecule is CCN1C(=O)CCCC(N)C1c1ccc(OC)c(Br)c1. The maximum atomic E-state index is 12.2. The molecule has 1 aliphatic heterocycles. The highest BCUT2D eigenvalue weighted by atomic mass is 79.9. The number of likely N-dealkylation sites (tertiary alicyclic amines) is 1. The number of hydrogen-bond acceptors (Lipinski definition) is 3. The van der Waals surface area contributed by atoms with Crippen LogP contribution in [0.25, 0.3) is 0 Å². The van der Waals surface area contributed by atoms with Crippen LogP contribution in [0.5, 0.6) is 5.75 Å². The van der Waals surface area contributed by atoms with Gasteiger partial charge in [-0.3, -0.25) is 4.79 Å². The summed E-state index contributed by atoms with van der Waals surface area (Å²) in [5.41, 5.74) is 7.38. The number of halogens is 1. The van der Waals surface area contributed by atoms with Crippen molar-refractivity contribution in [1.82, 2.24) is 4.90 Å². The highest BCUT2D eigenvalue weighted by Gasteiger charge is 2.32. The molecule has 110 valence electrons. The zero-order valence-corrected chi connectivity index (χ0v) is 13.5. The van der Waals surface area contributed by atoms with Gasteiger partial charge in [0, 0.05) is 19.0 Å². The van der Waals surface area contributed by atoms with Crippen LogP contribution in [0.4, 0.5) is 0 Å². The maximum absolute atomic E-state index is 12.2. The quantitative estimate of drug-likeness (QED) is 0.920.